The Balaban J connectivity index is 1.42. The van der Waals surface area contributed by atoms with Crippen molar-refractivity contribution in [2.45, 2.75) is 51.7 Å². The molecule has 0 aromatic carbocycles. The van der Waals surface area contributed by atoms with Gasteiger partial charge in [0.05, 0.1) is 17.9 Å². The number of pyridine rings is 1. The average molecular weight is 405 g/mol. The predicted molar refractivity (Wildman–Crippen MR) is 119 cm³/mol. The normalized spacial score (nSPS) is 20.6. The maximum atomic E-state index is 10.2. The summed E-state index contributed by atoms with van der Waals surface area (Å²) < 4.78 is 0. The predicted octanol–water partition coefficient (Wildman–Crippen LogP) is 3.34. The van der Waals surface area contributed by atoms with Crippen molar-refractivity contribution < 1.29 is 5.11 Å². The summed E-state index contributed by atoms with van der Waals surface area (Å²) in [5.41, 5.74) is 2.80. The largest absolute Gasteiger partial charge is 0.393 e. The van der Waals surface area contributed by atoms with Crippen LogP contribution in [0.4, 0.5) is 11.8 Å². The van der Waals surface area contributed by atoms with E-state index in [4.69, 9.17) is 6.42 Å². The second kappa shape index (κ2) is 8.33. The lowest BCUT2D eigenvalue weighted by Gasteiger charge is -2.40. The fourth-order valence-corrected chi connectivity index (χ4v) is 4.16. The third kappa shape index (κ3) is 4.24. The summed E-state index contributed by atoms with van der Waals surface area (Å²) in [6.07, 6.45) is 16.1. The van der Waals surface area contributed by atoms with Gasteiger partial charge in [-0.05, 0) is 42.7 Å². The maximum Gasteiger partial charge on any atom is 0.224 e. The molecule has 0 aliphatic heterocycles. The van der Waals surface area contributed by atoms with Gasteiger partial charge in [0, 0.05) is 42.1 Å². The number of hydrogen-bond acceptors (Lipinski definition) is 6. The second-order valence-corrected chi connectivity index (χ2v) is 8.64. The number of nitrogens with one attached hydrogen (secondary N) is 3. The van der Waals surface area contributed by atoms with E-state index in [0.29, 0.717) is 23.9 Å². The average Bonchev–Trinajstić information content (AvgIpc) is 3.14. The van der Waals surface area contributed by atoms with E-state index in [1.807, 2.05) is 18.5 Å². The lowest BCUT2D eigenvalue weighted by atomic mass is 9.73. The van der Waals surface area contributed by atoms with E-state index in [9.17, 15) is 5.11 Å². The number of aliphatic hydroxyl groups is 1. The Hall–Kier alpha value is -3.11. The lowest BCUT2D eigenvalue weighted by Crippen LogP contribution is -2.41. The van der Waals surface area contributed by atoms with Gasteiger partial charge in [0.15, 0.2) is 0 Å². The molecule has 30 heavy (non-hydrogen) atoms. The highest BCUT2D eigenvalue weighted by Gasteiger charge is 2.35. The number of terminal acetylenes is 1. The molecule has 3 heterocycles. The number of anilines is 2. The smallest absolute Gasteiger partial charge is 0.224 e. The number of aromatic nitrogens is 4. The number of fused-ring (bicyclic) bond motifs is 1. The van der Waals surface area contributed by atoms with Gasteiger partial charge in [-0.15, -0.1) is 6.42 Å². The van der Waals surface area contributed by atoms with E-state index in [0.717, 1.165) is 36.6 Å². The molecule has 0 amide bonds. The fourth-order valence-electron chi connectivity index (χ4n) is 4.16. The zero-order chi connectivity index (χ0) is 21.1. The van der Waals surface area contributed by atoms with Crippen LogP contribution in [-0.4, -0.2) is 43.7 Å². The number of aromatic amines is 1. The van der Waals surface area contributed by atoms with E-state index in [2.05, 4.69) is 50.3 Å². The van der Waals surface area contributed by atoms with Crippen LogP contribution in [0.5, 0.6) is 0 Å². The Bertz CT molecular complexity index is 1070. The Morgan fingerprint density at radius 1 is 1.33 bits per heavy atom. The summed E-state index contributed by atoms with van der Waals surface area (Å²) >= 11 is 0. The molecule has 1 aliphatic rings. The van der Waals surface area contributed by atoms with Gasteiger partial charge < -0.3 is 20.7 Å². The Kier molecular flexibility index (Phi) is 5.60. The summed E-state index contributed by atoms with van der Waals surface area (Å²) in [7, 11) is 0. The maximum absolute atomic E-state index is 10.2. The molecule has 3 aromatic rings. The molecule has 0 saturated heterocycles. The number of rotatable bonds is 6. The van der Waals surface area contributed by atoms with E-state index < -0.39 is 0 Å². The quantitative estimate of drug-likeness (QED) is 0.471. The van der Waals surface area contributed by atoms with E-state index >= 15 is 0 Å². The van der Waals surface area contributed by atoms with Crippen molar-refractivity contribution in [3.8, 4) is 12.3 Å². The molecule has 1 saturated carbocycles. The molecule has 0 bridgehead atoms. The highest BCUT2D eigenvalue weighted by Crippen LogP contribution is 2.36. The van der Waals surface area contributed by atoms with Gasteiger partial charge in [0.25, 0.3) is 0 Å². The van der Waals surface area contributed by atoms with Crippen molar-refractivity contribution in [2.75, 3.05) is 17.2 Å². The zero-order valence-corrected chi connectivity index (χ0v) is 17.4. The van der Waals surface area contributed by atoms with Crippen LogP contribution in [0.2, 0.25) is 0 Å². The second-order valence-electron chi connectivity index (χ2n) is 8.64. The van der Waals surface area contributed by atoms with Crippen LogP contribution in [0.15, 0.2) is 30.9 Å². The minimum absolute atomic E-state index is 0.130. The van der Waals surface area contributed by atoms with Crippen LogP contribution in [0, 0.1) is 17.8 Å². The molecule has 7 heteroatoms. The molecule has 1 aliphatic carbocycles. The minimum Gasteiger partial charge on any atom is -0.393 e. The van der Waals surface area contributed by atoms with Crippen molar-refractivity contribution in [1.29, 1.82) is 0 Å². The standard InChI is InChI=1S/C23H28N6O/c1-4-15-12-27-22(25-10-7-16-13-26-19-8-9-24-14-18(16)19)29-21(15)28-17-5-6-20(30)23(2,3)11-17/h1,8-9,12-14,17,20,26,30H,5-7,10-11H2,2-3H3,(H2,25,27,28,29)/t17-,20+/m1/s1. The number of aliphatic hydroxyl groups excluding tert-OH is 1. The summed E-state index contributed by atoms with van der Waals surface area (Å²) in [5.74, 6) is 3.88. The molecular weight excluding hydrogens is 376 g/mol. The third-order valence-electron chi connectivity index (χ3n) is 5.99. The number of nitrogens with zero attached hydrogens (tertiary/aromatic N) is 3. The van der Waals surface area contributed by atoms with Gasteiger partial charge >= 0.3 is 0 Å². The first kappa shape index (κ1) is 20.2. The molecule has 0 spiro atoms. The molecule has 3 aromatic heterocycles. The highest BCUT2D eigenvalue weighted by molar-refractivity contribution is 5.82. The minimum atomic E-state index is -0.273. The van der Waals surface area contributed by atoms with Crippen molar-refractivity contribution in [3.63, 3.8) is 0 Å². The number of hydrogen-bond donors (Lipinski definition) is 4. The van der Waals surface area contributed by atoms with Crippen LogP contribution in [0.25, 0.3) is 10.9 Å². The first-order valence-corrected chi connectivity index (χ1v) is 10.4. The van der Waals surface area contributed by atoms with Crippen molar-refractivity contribution in [1.82, 2.24) is 19.9 Å². The zero-order valence-electron chi connectivity index (χ0n) is 17.4. The summed E-state index contributed by atoms with van der Waals surface area (Å²) in [4.78, 5) is 16.5. The lowest BCUT2D eigenvalue weighted by molar-refractivity contribution is 0.00926. The topological polar surface area (TPSA) is 98.8 Å². The number of H-pyrrole nitrogens is 1. The first-order valence-electron chi connectivity index (χ1n) is 10.4. The Morgan fingerprint density at radius 2 is 2.20 bits per heavy atom. The molecule has 0 unspecified atom stereocenters. The van der Waals surface area contributed by atoms with Gasteiger partial charge in [-0.3, -0.25) is 4.98 Å². The van der Waals surface area contributed by atoms with Gasteiger partial charge in [-0.2, -0.15) is 4.98 Å². The van der Waals surface area contributed by atoms with Crippen molar-refractivity contribution in [3.05, 3.63) is 42.0 Å². The van der Waals surface area contributed by atoms with Crippen LogP contribution in [0.3, 0.4) is 0 Å². The molecular formula is C23H28N6O. The molecule has 4 rings (SSSR count). The summed E-state index contributed by atoms with van der Waals surface area (Å²) in [6.45, 7) is 4.89. The van der Waals surface area contributed by atoms with Crippen molar-refractivity contribution >= 4 is 22.7 Å². The van der Waals surface area contributed by atoms with Gasteiger partial charge in [-0.1, -0.05) is 19.8 Å². The summed E-state index contributed by atoms with van der Waals surface area (Å²) in [6, 6.07) is 2.19. The molecule has 0 radical (unpaired) electrons. The first-order chi connectivity index (χ1) is 14.5. The molecule has 7 nitrogen and oxygen atoms in total. The van der Waals surface area contributed by atoms with Crippen LogP contribution in [-0.2, 0) is 6.42 Å². The van der Waals surface area contributed by atoms with Gasteiger partial charge in [0.2, 0.25) is 5.95 Å². The van der Waals surface area contributed by atoms with Crippen LogP contribution >= 0.6 is 0 Å². The summed E-state index contributed by atoms with van der Waals surface area (Å²) in [5, 5.41) is 18.1. The van der Waals surface area contributed by atoms with Crippen LogP contribution < -0.4 is 10.6 Å². The van der Waals surface area contributed by atoms with Crippen molar-refractivity contribution in [2.24, 2.45) is 5.41 Å². The van der Waals surface area contributed by atoms with Gasteiger partial charge in [-0.25, -0.2) is 4.98 Å². The molecule has 1 fully saturated rings. The molecule has 2 atom stereocenters. The van der Waals surface area contributed by atoms with E-state index in [1.54, 1.807) is 12.4 Å². The fraction of sp³-hybridized carbons (Fsp3) is 0.435. The SMILES string of the molecule is C#Cc1cnc(NCCc2c[nH]c3ccncc23)nc1N[C@@H]1CC[C@H](O)C(C)(C)C1. The van der Waals surface area contributed by atoms with E-state index in [-0.39, 0.29) is 17.6 Å². The highest BCUT2D eigenvalue weighted by atomic mass is 16.3. The van der Waals surface area contributed by atoms with Crippen LogP contribution in [0.1, 0.15) is 44.2 Å². The van der Waals surface area contributed by atoms with Gasteiger partial charge in [0.1, 0.15) is 5.82 Å². The Morgan fingerprint density at radius 3 is 3.00 bits per heavy atom. The Labute approximate surface area is 176 Å². The van der Waals surface area contributed by atoms with E-state index in [1.165, 1.54) is 5.56 Å². The third-order valence-corrected chi connectivity index (χ3v) is 5.99. The molecule has 4 N–H and O–H groups in total. The monoisotopic (exact) mass is 404 g/mol. The molecule has 156 valence electrons.